The van der Waals surface area contributed by atoms with Gasteiger partial charge in [0.25, 0.3) is 0 Å². The number of likely N-dealkylation sites (N-methyl/N-ethyl adjacent to an activating group) is 1. The van der Waals surface area contributed by atoms with Crippen molar-refractivity contribution in [3.8, 4) is 0 Å². The number of pyridine rings is 1. The first-order chi connectivity index (χ1) is 8.65. The van der Waals surface area contributed by atoms with Gasteiger partial charge in [0.1, 0.15) is 5.82 Å². The zero-order valence-corrected chi connectivity index (χ0v) is 11.4. The second-order valence-electron chi connectivity index (χ2n) is 4.82. The van der Waals surface area contributed by atoms with Crippen LogP contribution in [-0.4, -0.2) is 28.9 Å². The monoisotopic (exact) mass is 248 g/mol. The summed E-state index contributed by atoms with van der Waals surface area (Å²) in [6, 6.07) is 6.04. The standard InChI is InChI=1S/C15H21FN2/c1-4-14(17(3)5-2)10-12-8-9-18-11-13(16)6-7-15(12)18/h6-9,11,14H,4-5,10H2,1-3H3. The van der Waals surface area contributed by atoms with Crippen LogP contribution in [0.3, 0.4) is 0 Å². The third kappa shape index (κ3) is 2.56. The van der Waals surface area contributed by atoms with Crippen molar-refractivity contribution >= 4 is 5.52 Å². The van der Waals surface area contributed by atoms with Crippen LogP contribution in [-0.2, 0) is 6.42 Å². The molecule has 0 spiro atoms. The van der Waals surface area contributed by atoms with Crippen molar-refractivity contribution in [3.05, 3.63) is 42.0 Å². The van der Waals surface area contributed by atoms with Crippen LogP contribution in [0.5, 0.6) is 0 Å². The van der Waals surface area contributed by atoms with E-state index in [1.807, 2.05) is 16.7 Å². The Hall–Kier alpha value is -1.35. The van der Waals surface area contributed by atoms with E-state index < -0.39 is 0 Å². The van der Waals surface area contributed by atoms with Gasteiger partial charge in [-0.15, -0.1) is 0 Å². The van der Waals surface area contributed by atoms with Crippen molar-refractivity contribution in [1.29, 1.82) is 0 Å². The smallest absolute Gasteiger partial charge is 0.139 e. The van der Waals surface area contributed by atoms with Crippen molar-refractivity contribution < 1.29 is 4.39 Å². The van der Waals surface area contributed by atoms with Crippen molar-refractivity contribution in [2.24, 2.45) is 0 Å². The van der Waals surface area contributed by atoms with Crippen LogP contribution in [0, 0.1) is 5.82 Å². The van der Waals surface area contributed by atoms with E-state index in [1.165, 1.54) is 17.8 Å². The van der Waals surface area contributed by atoms with Crippen molar-refractivity contribution in [3.63, 3.8) is 0 Å². The first-order valence-electron chi connectivity index (χ1n) is 6.61. The van der Waals surface area contributed by atoms with E-state index in [-0.39, 0.29) is 5.82 Å². The Morgan fingerprint density at radius 2 is 2.06 bits per heavy atom. The van der Waals surface area contributed by atoms with E-state index in [0.717, 1.165) is 24.9 Å². The van der Waals surface area contributed by atoms with Crippen molar-refractivity contribution in [1.82, 2.24) is 9.30 Å². The van der Waals surface area contributed by atoms with Crippen LogP contribution >= 0.6 is 0 Å². The number of hydrogen-bond acceptors (Lipinski definition) is 1. The van der Waals surface area contributed by atoms with Crippen LogP contribution in [0.2, 0.25) is 0 Å². The van der Waals surface area contributed by atoms with Crippen molar-refractivity contribution in [2.75, 3.05) is 13.6 Å². The summed E-state index contributed by atoms with van der Waals surface area (Å²) in [4.78, 5) is 2.37. The SMILES string of the molecule is CCC(Cc1ccn2cc(F)ccc12)N(C)CC. The molecule has 2 heterocycles. The minimum Gasteiger partial charge on any atom is -0.321 e. The quantitative estimate of drug-likeness (QED) is 0.787. The van der Waals surface area contributed by atoms with E-state index in [1.54, 1.807) is 0 Å². The summed E-state index contributed by atoms with van der Waals surface area (Å²) >= 11 is 0. The maximum atomic E-state index is 13.1. The van der Waals surface area contributed by atoms with E-state index in [4.69, 9.17) is 0 Å². The van der Waals surface area contributed by atoms with Gasteiger partial charge >= 0.3 is 0 Å². The Kier molecular flexibility index (Phi) is 4.02. The maximum absolute atomic E-state index is 13.1. The molecule has 3 heteroatoms. The molecule has 0 bridgehead atoms. The maximum Gasteiger partial charge on any atom is 0.139 e. The Morgan fingerprint density at radius 3 is 2.72 bits per heavy atom. The van der Waals surface area contributed by atoms with Gasteiger partial charge in [0, 0.05) is 24.0 Å². The molecule has 18 heavy (non-hydrogen) atoms. The van der Waals surface area contributed by atoms with Crippen LogP contribution in [0.1, 0.15) is 25.8 Å². The van der Waals surface area contributed by atoms with Gasteiger partial charge in [-0.25, -0.2) is 4.39 Å². The van der Waals surface area contributed by atoms with Gasteiger partial charge in [0.2, 0.25) is 0 Å². The first kappa shape index (κ1) is 13.1. The van der Waals surface area contributed by atoms with Gasteiger partial charge in [-0.2, -0.15) is 0 Å². The second kappa shape index (κ2) is 5.53. The third-order valence-corrected chi connectivity index (χ3v) is 3.76. The van der Waals surface area contributed by atoms with Gasteiger partial charge in [-0.05, 0) is 50.2 Å². The lowest BCUT2D eigenvalue weighted by Crippen LogP contribution is -2.32. The summed E-state index contributed by atoms with van der Waals surface area (Å²) in [5.74, 6) is -0.192. The Balaban J connectivity index is 2.26. The van der Waals surface area contributed by atoms with Gasteiger partial charge in [-0.1, -0.05) is 13.8 Å². The highest BCUT2D eigenvalue weighted by Crippen LogP contribution is 2.18. The molecule has 1 unspecified atom stereocenters. The average molecular weight is 248 g/mol. The fraction of sp³-hybridized carbons (Fsp3) is 0.467. The highest BCUT2D eigenvalue weighted by molar-refractivity contribution is 5.55. The molecule has 0 saturated heterocycles. The molecule has 2 aromatic rings. The molecule has 2 nitrogen and oxygen atoms in total. The largest absolute Gasteiger partial charge is 0.321 e. The number of halogens is 1. The summed E-state index contributed by atoms with van der Waals surface area (Å²) in [7, 11) is 2.16. The van der Waals surface area contributed by atoms with Crippen molar-refractivity contribution in [2.45, 2.75) is 32.7 Å². The van der Waals surface area contributed by atoms with Crippen LogP contribution in [0.4, 0.5) is 4.39 Å². The van der Waals surface area contributed by atoms with Crippen LogP contribution < -0.4 is 0 Å². The molecule has 0 amide bonds. The molecule has 0 aromatic carbocycles. The van der Waals surface area contributed by atoms with Gasteiger partial charge in [0.15, 0.2) is 0 Å². The van der Waals surface area contributed by atoms with Crippen LogP contribution in [0.25, 0.3) is 5.52 Å². The molecule has 0 saturated carbocycles. The zero-order valence-electron chi connectivity index (χ0n) is 11.4. The molecular weight excluding hydrogens is 227 g/mol. The Labute approximate surface area is 108 Å². The molecule has 0 aliphatic rings. The molecule has 0 radical (unpaired) electrons. The topological polar surface area (TPSA) is 7.65 Å². The number of rotatable bonds is 5. The van der Waals surface area contributed by atoms with E-state index in [0.29, 0.717) is 6.04 Å². The van der Waals surface area contributed by atoms with E-state index >= 15 is 0 Å². The van der Waals surface area contributed by atoms with E-state index in [9.17, 15) is 4.39 Å². The molecule has 2 aromatic heterocycles. The highest BCUT2D eigenvalue weighted by atomic mass is 19.1. The zero-order chi connectivity index (χ0) is 13.1. The highest BCUT2D eigenvalue weighted by Gasteiger charge is 2.14. The molecule has 0 fully saturated rings. The van der Waals surface area contributed by atoms with E-state index in [2.05, 4.69) is 31.9 Å². The second-order valence-corrected chi connectivity index (χ2v) is 4.82. The first-order valence-corrected chi connectivity index (χ1v) is 6.61. The molecular formula is C15H21FN2. The number of fused-ring (bicyclic) bond motifs is 1. The number of aromatic nitrogens is 1. The Bertz CT molecular complexity index is 518. The molecule has 0 aliphatic heterocycles. The van der Waals surface area contributed by atoms with Crippen LogP contribution in [0.15, 0.2) is 30.6 Å². The summed E-state index contributed by atoms with van der Waals surface area (Å²) in [5, 5.41) is 0. The normalized spacial score (nSPS) is 13.4. The summed E-state index contributed by atoms with van der Waals surface area (Å²) in [5.41, 5.74) is 2.40. The molecule has 0 aliphatic carbocycles. The minimum absolute atomic E-state index is 0.192. The predicted octanol–water partition coefficient (Wildman–Crippen LogP) is 3.35. The molecule has 98 valence electrons. The summed E-state index contributed by atoms with van der Waals surface area (Å²) in [6.45, 7) is 5.45. The molecule has 1 atom stereocenters. The minimum atomic E-state index is -0.192. The lowest BCUT2D eigenvalue weighted by atomic mass is 10.0. The fourth-order valence-electron chi connectivity index (χ4n) is 2.44. The fourth-order valence-corrected chi connectivity index (χ4v) is 2.44. The summed E-state index contributed by atoms with van der Waals surface area (Å²) < 4.78 is 15.0. The number of nitrogens with zero attached hydrogens (tertiary/aromatic N) is 2. The van der Waals surface area contributed by atoms with Gasteiger partial charge < -0.3 is 9.30 Å². The van der Waals surface area contributed by atoms with Gasteiger partial charge in [-0.3, -0.25) is 0 Å². The lowest BCUT2D eigenvalue weighted by molar-refractivity contribution is 0.246. The van der Waals surface area contributed by atoms with Gasteiger partial charge in [0.05, 0.1) is 0 Å². The Morgan fingerprint density at radius 1 is 1.28 bits per heavy atom. The molecule has 2 rings (SSSR count). The average Bonchev–Trinajstić information content (AvgIpc) is 2.77. The third-order valence-electron chi connectivity index (χ3n) is 3.76. The molecule has 0 N–H and O–H groups in total. The summed E-state index contributed by atoms with van der Waals surface area (Å²) in [6.07, 6.45) is 5.61. The lowest BCUT2D eigenvalue weighted by Gasteiger charge is -2.25. The predicted molar refractivity (Wildman–Crippen MR) is 73.4 cm³/mol. The number of hydrogen-bond donors (Lipinski definition) is 0.